The molecule has 2 aromatic carbocycles. The van der Waals surface area contributed by atoms with Crippen LogP contribution in [0.5, 0.6) is 0 Å². The van der Waals surface area contributed by atoms with Gasteiger partial charge in [0, 0.05) is 12.2 Å². The van der Waals surface area contributed by atoms with Gasteiger partial charge in [0.05, 0.1) is 6.61 Å². The van der Waals surface area contributed by atoms with Crippen molar-refractivity contribution in [3.8, 4) is 11.1 Å². The van der Waals surface area contributed by atoms with Crippen LogP contribution in [0.2, 0.25) is 0 Å². The second-order valence-electron chi connectivity index (χ2n) is 5.25. The molecule has 0 N–H and O–H groups in total. The lowest BCUT2D eigenvalue weighted by Crippen LogP contribution is -2.37. The highest BCUT2D eigenvalue weighted by Gasteiger charge is 2.38. The lowest BCUT2D eigenvalue weighted by atomic mass is 9.93. The molecule has 1 unspecified atom stereocenters. The molecule has 2 rings (SSSR count). The van der Waals surface area contributed by atoms with E-state index in [0.29, 0.717) is 17.7 Å². The first kappa shape index (κ1) is 17.2. The Balaban J connectivity index is 2.43. The van der Waals surface area contributed by atoms with E-state index in [0.717, 1.165) is 5.56 Å². The van der Waals surface area contributed by atoms with E-state index in [2.05, 4.69) is 0 Å². The molecule has 0 amide bonds. The topological polar surface area (TPSA) is 35.5 Å². The van der Waals surface area contributed by atoms with Gasteiger partial charge in [-0.15, -0.1) is 0 Å². The van der Waals surface area contributed by atoms with Crippen molar-refractivity contribution in [1.82, 2.24) is 0 Å². The largest absolute Gasteiger partial charge is 0.464 e. The highest BCUT2D eigenvalue weighted by Crippen LogP contribution is 2.31. The summed E-state index contributed by atoms with van der Waals surface area (Å²) in [4.78, 5) is 12.3. The Morgan fingerprint density at radius 1 is 1.09 bits per heavy atom. The van der Waals surface area contributed by atoms with Crippen LogP contribution in [0.4, 0.5) is 4.39 Å². The van der Waals surface area contributed by atoms with Crippen molar-refractivity contribution < 1.29 is 18.7 Å². The maximum atomic E-state index is 14.5. The zero-order valence-electron chi connectivity index (χ0n) is 13.6. The number of esters is 1. The average molecular weight is 316 g/mol. The van der Waals surface area contributed by atoms with E-state index < -0.39 is 17.4 Å². The molecule has 0 aliphatic rings. The fourth-order valence-electron chi connectivity index (χ4n) is 2.48. The van der Waals surface area contributed by atoms with Crippen molar-refractivity contribution in [2.45, 2.75) is 26.4 Å². The molecule has 0 aromatic heterocycles. The molecule has 23 heavy (non-hydrogen) atoms. The Morgan fingerprint density at radius 2 is 1.78 bits per heavy atom. The van der Waals surface area contributed by atoms with Crippen molar-refractivity contribution in [2.75, 3.05) is 13.2 Å². The first-order valence-electron chi connectivity index (χ1n) is 7.69. The minimum absolute atomic E-state index is 0.242. The van der Waals surface area contributed by atoms with Crippen molar-refractivity contribution in [3.05, 3.63) is 59.9 Å². The molecule has 3 nitrogen and oxygen atoms in total. The highest BCUT2D eigenvalue weighted by molar-refractivity contribution is 5.81. The van der Waals surface area contributed by atoms with Crippen LogP contribution in [0.25, 0.3) is 11.1 Å². The van der Waals surface area contributed by atoms with Crippen molar-refractivity contribution in [2.24, 2.45) is 0 Å². The zero-order valence-corrected chi connectivity index (χ0v) is 13.6. The lowest BCUT2D eigenvalue weighted by molar-refractivity contribution is -0.171. The summed E-state index contributed by atoms with van der Waals surface area (Å²) >= 11 is 0. The van der Waals surface area contributed by atoms with Crippen LogP contribution in [0.15, 0.2) is 48.5 Å². The summed E-state index contributed by atoms with van der Waals surface area (Å²) in [5, 5.41) is 0. The zero-order chi connectivity index (χ0) is 16.9. The molecule has 0 fully saturated rings. The molecule has 0 spiro atoms. The molecule has 0 aliphatic heterocycles. The summed E-state index contributed by atoms with van der Waals surface area (Å²) in [5.41, 5.74) is 0.388. The van der Waals surface area contributed by atoms with Gasteiger partial charge in [0.15, 0.2) is 5.60 Å². The Labute approximate surface area is 136 Å². The van der Waals surface area contributed by atoms with Crippen molar-refractivity contribution in [3.63, 3.8) is 0 Å². The molecule has 0 heterocycles. The Hall–Kier alpha value is -2.20. The van der Waals surface area contributed by atoms with Gasteiger partial charge in [-0.3, -0.25) is 0 Å². The highest BCUT2D eigenvalue weighted by atomic mass is 19.1. The van der Waals surface area contributed by atoms with E-state index in [9.17, 15) is 9.18 Å². The van der Waals surface area contributed by atoms with Gasteiger partial charge in [-0.05, 0) is 38.0 Å². The summed E-state index contributed by atoms with van der Waals surface area (Å²) in [6.07, 6.45) is 0. The van der Waals surface area contributed by atoms with E-state index in [1.807, 2.05) is 30.3 Å². The van der Waals surface area contributed by atoms with Gasteiger partial charge in [-0.2, -0.15) is 0 Å². The standard InChI is InChI=1S/C19H21FO3/c1-4-22-18(21)19(3,23-5-2)15-11-12-16(17(20)13-15)14-9-7-6-8-10-14/h6-13H,4-5H2,1-3H3. The Morgan fingerprint density at radius 3 is 2.35 bits per heavy atom. The molecule has 0 bridgehead atoms. The number of halogens is 1. The second kappa shape index (κ2) is 7.38. The average Bonchev–Trinajstić information content (AvgIpc) is 2.56. The Kier molecular flexibility index (Phi) is 5.50. The van der Waals surface area contributed by atoms with E-state index in [-0.39, 0.29) is 6.61 Å². The number of hydrogen-bond donors (Lipinski definition) is 0. The van der Waals surface area contributed by atoms with Gasteiger partial charge in [0.2, 0.25) is 0 Å². The summed E-state index contributed by atoms with van der Waals surface area (Å²) in [7, 11) is 0. The van der Waals surface area contributed by atoms with E-state index in [1.165, 1.54) is 6.07 Å². The second-order valence-corrected chi connectivity index (χ2v) is 5.25. The molecule has 2 aromatic rings. The molecule has 0 aliphatic carbocycles. The fraction of sp³-hybridized carbons (Fsp3) is 0.316. The first-order chi connectivity index (χ1) is 11.0. The monoisotopic (exact) mass is 316 g/mol. The third-order valence-electron chi connectivity index (χ3n) is 3.70. The molecule has 1 atom stereocenters. The minimum Gasteiger partial charge on any atom is -0.464 e. The third kappa shape index (κ3) is 3.59. The molecule has 122 valence electrons. The minimum atomic E-state index is -1.32. The normalized spacial score (nSPS) is 13.4. The first-order valence-corrected chi connectivity index (χ1v) is 7.69. The maximum absolute atomic E-state index is 14.5. The van der Waals surface area contributed by atoms with Crippen LogP contribution < -0.4 is 0 Å². The van der Waals surface area contributed by atoms with Crippen LogP contribution in [-0.4, -0.2) is 19.2 Å². The Bertz CT molecular complexity index is 670. The molecule has 0 radical (unpaired) electrons. The van der Waals surface area contributed by atoms with Crippen molar-refractivity contribution >= 4 is 5.97 Å². The maximum Gasteiger partial charge on any atom is 0.342 e. The summed E-state index contributed by atoms with van der Waals surface area (Å²) < 4.78 is 25.2. The van der Waals surface area contributed by atoms with E-state index in [1.54, 1.807) is 32.9 Å². The summed E-state index contributed by atoms with van der Waals surface area (Å²) in [6, 6.07) is 14.0. The van der Waals surface area contributed by atoms with Crippen LogP contribution in [0.3, 0.4) is 0 Å². The van der Waals surface area contributed by atoms with Gasteiger partial charge >= 0.3 is 5.97 Å². The predicted octanol–water partition coefficient (Wildman–Crippen LogP) is 4.31. The number of carbonyl (C=O) groups excluding carboxylic acids is 1. The lowest BCUT2D eigenvalue weighted by Gasteiger charge is -2.27. The summed E-state index contributed by atoms with van der Waals surface area (Å²) in [5.74, 6) is -0.919. The van der Waals surface area contributed by atoms with Gasteiger partial charge in [-0.1, -0.05) is 42.5 Å². The van der Waals surface area contributed by atoms with Gasteiger partial charge in [0.25, 0.3) is 0 Å². The van der Waals surface area contributed by atoms with Crippen molar-refractivity contribution in [1.29, 1.82) is 0 Å². The smallest absolute Gasteiger partial charge is 0.342 e. The fourth-order valence-corrected chi connectivity index (χ4v) is 2.48. The van der Waals surface area contributed by atoms with Gasteiger partial charge in [-0.25, -0.2) is 9.18 Å². The molecule has 0 saturated heterocycles. The SMILES string of the molecule is CCOC(=O)C(C)(OCC)c1ccc(-c2ccccc2)c(F)c1. The number of ether oxygens (including phenoxy) is 2. The van der Waals surface area contributed by atoms with Gasteiger partial charge in [0.1, 0.15) is 5.82 Å². The number of hydrogen-bond acceptors (Lipinski definition) is 3. The molecular weight excluding hydrogens is 295 g/mol. The third-order valence-corrected chi connectivity index (χ3v) is 3.70. The van der Waals surface area contributed by atoms with Crippen LogP contribution in [0.1, 0.15) is 26.3 Å². The van der Waals surface area contributed by atoms with Crippen LogP contribution in [-0.2, 0) is 19.9 Å². The quantitative estimate of drug-likeness (QED) is 0.745. The van der Waals surface area contributed by atoms with Crippen LogP contribution in [0, 0.1) is 5.82 Å². The molecule has 0 saturated carbocycles. The van der Waals surface area contributed by atoms with E-state index >= 15 is 0 Å². The number of benzene rings is 2. The van der Waals surface area contributed by atoms with Crippen LogP contribution >= 0.6 is 0 Å². The molecule has 4 heteroatoms. The molecular formula is C19H21FO3. The number of carbonyl (C=O) groups is 1. The predicted molar refractivity (Wildman–Crippen MR) is 87.4 cm³/mol. The number of rotatable bonds is 6. The van der Waals surface area contributed by atoms with E-state index in [4.69, 9.17) is 9.47 Å². The van der Waals surface area contributed by atoms with Gasteiger partial charge < -0.3 is 9.47 Å². The summed E-state index contributed by atoms with van der Waals surface area (Å²) in [6.45, 7) is 5.67.